The highest BCUT2D eigenvalue weighted by atomic mass is 16.8. The van der Waals surface area contributed by atoms with Crippen molar-refractivity contribution in [3.8, 4) is 0 Å². The molecule has 3 rings (SSSR count). The van der Waals surface area contributed by atoms with Crippen molar-refractivity contribution in [2.75, 3.05) is 60.8 Å². The highest BCUT2D eigenvalue weighted by molar-refractivity contribution is 5.89. The van der Waals surface area contributed by atoms with E-state index in [9.17, 15) is 40.2 Å². The van der Waals surface area contributed by atoms with Gasteiger partial charge < -0.3 is 65.4 Å². The zero-order valence-electron chi connectivity index (χ0n) is 26.5. The Morgan fingerprint density at radius 2 is 1.98 bits per heavy atom. The predicted octanol–water partition coefficient (Wildman–Crippen LogP) is -3.76. The lowest BCUT2D eigenvalue weighted by molar-refractivity contribution is -0.410. The maximum absolute atomic E-state index is 12.9. The number of aliphatic carboxylic acids is 1. The van der Waals surface area contributed by atoms with E-state index in [1.54, 1.807) is 17.1 Å². The molecule has 3 aliphatic heterocycles. The molecule has 18 nitrogen and oxygen atoms in total. The zero-order valence-corrected chi connectivity index (χ0v) is 26.5. The molecular weight excluding hydrogens is 626 g/mol. The van der Waals surface area contributed by atoms with Gasteiger partial charge in [0.2, 0.25) is 12.1 Å². The van der Waals surface area contributed by atoms with Crippen molar-refractivity contribution in [3.05, 3.63) is 36.6 Å². The van der Waals surface area contributed by atoms with Crippen LogP contribution in [0.1, 0.15) is 0 Å². The Hall–Kier alpha value is -3.17. The summed E-state index contributed by atoms with van der Waals surface area (Å²) < 4.78 is 27.9. The minimum Gasteiger partial charge on any atom is -0.481 e. The number of aliphatic hydroxyl groups excluding tert-OH is 3. The molecule has 2 fully saturated rings. The number of piperidine rings is 1. The van der Waals surface area contributed by atoms with Gasteiger partial charge in [0.15, 0.2) is 18.4 Å². The number of hydrogen-bond acceptors (Lipinski definition) is 15. The topological polar surface area (TPSA) is 267 Å². The number of nitrogens with one attached hydrogen (secondary N) is 2. The average Bonchev–Trinajstić information content (AvgIpc) is 3.05. The van der Waals surface area contributed by atoms with Gasteiger partial charge in [0.05, 0.1) is 56.8 Å². The maximum atomic E-state index is 12.9. The summed E-state index contributed by atoms with van der Waals surface area (Å²) in [5.41, 5.74) is 6.01. The van der Waals surface area contributed by atoms with Crippen molar-refractivity contribution < 1.29 is 63.9 Å². The van der Waals surface area contributed by atoms with Gasteiger partial charge in [-0.15, -0.1) is 6.58 Å². The third-order valence-corrected chi connectivity index (χ3v) is 8.40. The SMILES string of the molecule is C=C[C@H]1[C@@H](O[C@@H]2O[C@H](CO)[C@@H](O)C(O)(O)[C@@H]2OCNC)OC=C(C(=O)OC)[C@H]1C=CC1CN(CCO)CC(C(=O)O)C1NC(N)=NC. The van der Waals surface area contributed by atoms with Crippen LogP contribution in [0.4, 0.5) is 0 Å². The van der Waals surface area contributed by atoms with Crippen LogP contribution < -0.4 is 16.4 Å². The molecule has 3 unspecified atom stereocenters. The fourth-order valence-electron chi connectivity index (χ4n) is 5.93. The Balaban J connectivity index is 2.00. The van der Waals surface area contributed by atoms with E-state index in [2.05, 4.69) is 22.2 Å². The number of esters is 1. The number of hydrogen-bond donors (Lipinski definition) is 9. The predicted molar refractivity (Wildman–Crippen MR) is 163 cm³/mol. The highest BCUT2D eigenvalue weighted by Crippen LogP contribution is 2.38. The van der Waals surface area contributed by atoms with Crippen molar-refractivity contribution in [3.63, 3.8) is 0 Å². The molecule has 0 aromatic carbocycles. The first-order valence-electron chi connectivity index (χ1n) is 15.0. The number of carbonyl (C=O) groups is 2. The second kappa shape index (κ2) is 17.3. The minimum atomic E-state index is -2.91. The quantitative estimate of drug-likeness (QED) is 0.0282. The molecule has 0 bridgehead atoms. The Bertz CT molecular complexity index is 1170. The molecule has 3 aliphatic rings. The first kappa shape index (κ1) is 38.3. The van der Waals surface area contributed by atoms with Crippen LogP contribution in [0.5, 0.6) is 0 Å². The van der Waals surface area contributed by atoms with Gasteiger partial charge in [0.1, 0.15) is 12.2 Å². The second-order valence-electron chi connectivity index (χ2n) is 11.3. The summed E-state index contributed by atoms with van der Waals surface area (Å²) in [6, 6.07) is -0.716. The summed E-state index contributed by atoms with van der Waals surface area (Å²) in [4.78, 5) is 30.9. The van der Waals surface area contributed by atoms with Crippen LogP contribution in [0.3, 0.4) is 0 Å². The summed E-state index contributed by atoms with van der Waals surface area (Å²) in [5.74, 6) is -7.83. The van der Waals surface area contributed by atoms with E-state index in [0.29, 0.717) is 6.54 Å². The monoisotopic (exact) mass is 673 g/mol. The third kappa shape index (κ3) is 8.85. The van der Waals surface area contributed by atoms with Crippen molar-refractivity contribution >= 4 is 17.9 Å². The number of carboxylic acids is 1. The molecule has 3 heterocycles. The molecule has 0 amide bonds. The lowest BCUT2D eigenvalue weighted by Gasteiger charge is -2.47. The number of nitrogens with two attached hydrogens (primary N) is 1. The molecule has 2 saturated heterocycles. The molecule has 0 aromatic heterocycles. The third-order valence-electron chi connectivity index (χ3n) is 8.40. The van der Waals surface area contributed by atoms with Gasteiger partial charge in [-0.25, -0.2) is 4.79 Å². The minimum absolute atomic E-state index is 0.0339. The molecule has 266 valence electrons. The number of likely N-dealkylation sites (tertiary alicyclic amines) is 1. The van der Waals surface area contributed by atoms with Gasteiger partial charge >= 0.3 is 11.9 Å². The Kier molecular flexibility index (Phi) is 14.1. The molecule has 0 aromatic rings. The lowest BCUT2D eigenvalue weighted by atomic mass is 9.79. The number of β-amino-alcohol motifs (C(OH)–C–C–N with tert-alkyl or cyclic N) is 1. The van der Waals surface area contributed by atoms with E-state index in [0.717, 1.165) is 6.26 Å². The van der Waals surface area contributed by atoms with Gasteiger partial charge in [-0.2, -0.15) is 0 Å². The number of carboxylic acid groups (broad SMARTS) is 1. The van der Waals surface area contributed by atoms with Gasteiger partial charge in [0, 0.05) is 38.5 Å². The summed E-state index contributed by atoms with van der Waals surface area (Å²) in [6.45, 7) is 3.40. The van der Waals surface area contributed by atoms with Crippen LogP contribution in [-0.4, -0.2) is 157 Å². The Morgan fingerprint density at radius 1 is 1.26 bits per heavy atom. The molecule has 18 heteroatoms. The van der Waals surface area contributed by atoms with Crippen LogP contribution in [0.2, 0.25) is 0 Å². The average molecular weight is 674 g/mol. The molecule has 10 atom stereocenters. The summed E-state index contributed by atoms with van der Waals surface area (Å²) in [6.07, 6.45) is -2.04. The number of allylic oxidation sites excluding steroid dienone is 1. The number of carbonyl (C=O) groups excluding carboxylic acids is 1. The number of aliphatic hydroxyl groups is 5. The summed E-state index contributed by atoms with van der Waals surface area (Å²) >= 11 is 0. The van der Waals surface area contributed by atoms with Crippen molar-refractivity contribution in [1.29, 1.82) is 0 Å². The number of ether oxygens (including phenoxy) is 5. The highest BCUT2D eigenvalue weighted by Gasteiger charge is 2.57. The molecule has 0 saturated carbocycles. The van der Waals surface area contributed by atoms with Crippen LogP contribution in [-0.2, 0) is 33.3 Å². The van der Waals surface area contributed by atoms with E-state index in [-0.39, 0.29) is 38.0 Å². The molecule has 10 N–H and O–H groups in total. The largest absolute Gasteiger partial charge is 0.481 e. The number of aliphatic imine (C=N–C) groups is 1. The fraction of sp³-hybridized carbons (Fsp3) is 0.690. The molecule has 0 radical (unpaired) electrons. The number of nitrogens with zero attached hydrogens (tertiary/aromatic N) is 2. The van der Waals surface area contributed by atoms with Crippen molar-refractivity contribution in [1.82, 2.24) is 15.5 Å². The summed E-state index contributed by atoms with van der Waals surface area (Å²) in [7, 11) is 4.18. The van der Waals surface area contributed by atoms with E-state index in [1.165, 1.54) is 27.3 Å². The normalized spacial score (nSPS) is 34.7. The van der Waals surface area contributed by atoms with E-state index >= 15 is 0 Å². The first-order valence-corrected chi connectivity index (χ1v) is 15.0. The number of rotatable bonds is 14. The fourth-order valence-corrected chi connectivity index (χ4v) is 5.93. The molecular formula is C29H47N5O13. The maximum Gasteiger partial charge on any atom is 0.337 e. The zero-order chi connectivity index (χ0) is 34.9. The lowest BCUT2D eigenvalue weighted by Crippen LogP contribution is -2.69. The second-order valence-corrected chi connectivity index (χ2v) is 11.3. The number of methoxy groups -OCH3 is 1. The molecule has 0 spiro atoms. The van der Waals surface area contributed by atoms with Gasteiger partial charge in [-0.1, -0.05) is 18.2 Å². The standard InChI is InChI=1S/C29H47N5O13/c1-5-16-17(7-6-15-10-34(8-9-35)11-18(24(38)39)21(15)33-28(30)32-3)19(25(40)43-4)13-44-26(16)47-27-23(45-14-31-2)29(41,42)22(37)20(12-36)46-27/h5-7,13,15-18,20-23,26-27,31,35-37,41-42H,1,8-12,14H2,2-4H3,(H,38,39)(H3,30,32,33)/t15?,16-,17+,18?,20-,21?,22-,23-,26-,27+/m1/s1. The summed E-state index contributed by atoms with van der Waals surface area (Å²) in [5, 5.41) is 66.9. The van der Waals surface area contributed by atoms with E-state index < -0.39 is 84.9 Å². The van der Waals surface area contributed by atoms with Gasteiger partial charge in [-0.3, -0.25) is 20.0 Å². The van der Waals surface area contributed by atoms with Gasteiger partial charge in [0.25, 0.3) is 0 Å². The number of guanidine groups is 1. The van der Waals surface area contributed by atoms with Crippen LogP contribution in [0.25, 0.3) is 0 Å². The van der Waals surface area contributed by atoms with E-state index in [4.69, 9.17) is 29.4 Å². The Labute approximate surface area is 272 Å². The Morgan fingerprint density at radius 3 is 2.55 bits per heavy atom. The van der Waals surface area contributed by atoms with Crippen LogP contribution in [0.15, 0.2) is 41.6 Å². The van der Waals surface area contributed by atoms with E-state index in [1.807, 2.05) is 0 Å². The first-order chi connectivity index (χ1) is 22.4. The molecule has 47 heavy (non-hydrogen) atoms. The van der Waals surface area contributed by atoms with Crippen LogP contribution >= 0.6 is 0 Å². The van der Waals surface area contributed by atoms with Crippen molar-refractivity contribution in [2.45, 2.75) is 42.7 Å². The van der Waals surface area contributed by atoms with Crippen LogP contribution in [0, 0.1) is 23.7 Å². The van der Waals surface area contributed by atoms with Crippen molar-refractivity contribution in [2.24, 2.45) is 34.4 Å². The smallest absolute Gasteiger partial charge is 0.337 e. The van der Waals surface area contributed by atoms with Gasteiger partial charge in [-0.05, 0) is 7.05 Å². The molecule has 0 aliphatic carbocycles.